The van der Waals surface area contributed by atoms with Crippen molar-refractivity contribution in [2.24, 2.45) is 0 Å². The van der Waals surface area contributed by atoms with Crippen LogP contribution in [-0.4, -0.2) is 50.0 Å². The van der Waals surface area contributed by atoms with Crippen molar-refractivity contribution in [2.45, 2.75) is 52.7 Å². The molecule has 0 bridgehead atoms. The number of carbonyl (C=O) groups excluding carboxylic acids is 2. The number of hydrogen-bond acceptors (Lipinski definition) is 4. The van der Waals surface area contributed by atoms with Gasteiger partial charge in [0, 0.05) is 33.2 Å². The largest absolute Gasteiger partial charge is 0.352 e. The van der Waals surface area contributed by atoms with Gasteiger partial charge in [0.05, 0.1) is 11.9 Å². The van der Waals surface area contributed by atoms with E-state index in [1.165, 1.54) is 4.90 Å². The van der Waals surface area contributed by atoms with Crippen molar-refractivity contribution in [1.29, 1.82) is 0 Å². The number of carbonyl (C=O) groups is 2. The van der Waals surface area contributed by atoms with Gasteiger partial charge in [-0.3, -0.25) is 13.9 Å². The van der Waals surface area contributed by atoms with Crippen LogP contribution in [0.1, 0.15) is 38.3 Å². The molecule has 2 aromatic carbocycles. The molecule has 0 heterocycles. The van der Waals surface area contributed by atoms with E-state index in [4.69, 9.17) is 34.8 Å². The molecule has 192 valence electrons. The van der Waals surface area contributed by atoms with Gasteiger partial charge in [-0.25, -0.2) is 8.42 Å². The summed E-state index contributed by atoms with van der Waals surface area (Å²) in [6.45, 7) is 6.52. The second kappa shape index (κ2) is 12.3. The summed E-state index contributed by atoms with van der Waals surface area (Å²) < 4.78 is 26.4. The number of nitrogens with zero attached hydrogens (tertiary/aromatic N) is 2. The van der Waals surface area contributed by atoms with Crippen LogP contribution in [0.4, 0.5) is 5.69 Å². The third-order valence-electron chi connectivity index (χ3n) is 5.31. The van der Waals surface area contributed by atoms with Crippen molar-refractivity contribution in [1.82, 2.24) is 10.2 Å². The minimum Gasteiger partial charge on any atom is -0.352 e. The second-order valence-electron chi connectivity index (χ2n) is 8.51. The molecule has 0 aliphatic heterocycles. The van der Waals surface area contributed by atoms with Crippen LogP contribution in [0.3, 0.4) is 0 Å². The van der Waals surface area contributed by atoms with Gasteiger partial charge in [-0.05, 0) is 63.1 Å². The highest BCUT2D eigenvalue weighted by molar-refractivity contribution is 7.92. The summed E-state index contributed by atoms with van der Waals surface area (Å²) in [4.78, 5) is 28.0. The molecular weight excluding hydrogens is 533 g/mol. The SMILES string of the molecule is CCC(C(=O)NC(C)C)N(Cc1c(Cl)cccc1Cl)C(=O)CN(c1ccc(Cl)cc1C)S(C)(=O)=O. The Morgan fingerprint density at radius 3 is 2.14 bits per heavy atom. The van der Waals surface area contributed by atoms with Crippen molar-refractivity contribution < 1.29 is 18.0 Å². The van der Waals surface area contributed by atoms with E-state index in [2.05, 4.69) is 5.32 Å². The Labute approximate surface area is 222 Å². The summed E-state index contributed by atoms with van der Waals surface area (Å²) in [5.74, 6) is -0.931. The molecule has 0 aromatic heterocycles. The lowest BCUT2D eigenvalue weighted by Crippen LogP contribution is -2.53. The van der Waals surface area contributed by atoms with Crippen molar-refractivity contribution in [2.75, 3.05) is 17.1 Å². The zero-order valence-electron chi connectivity index (χ0n) is 20.3. The molecule has 7 nitrogen and oxygen atoms in total. The maximum absolute atomic E-state index is 13.7. The number of aryl methyl sites for hydroxylation is 1. The number of sulfonamides is 1. The first-order valence-electron chi connectivity index (χ1n) is 11.0. The molecule has 11 heteroatoms. The molecule has 1 atom stereocenters. The molecule has 0 aliphatic rings. The lowest BCUT2D eigenvalue weighted by atomic mass is 10.1. The Morgan fingerprint density at radius 1 is 1.06 bits per heavy atom. The fourth-order valence-electron chi connectivity index (χ4n) is 3.65. The first-order chi connectivity index (χ1) is 16.3. The molecule has 0 fully saturated rings. The highest BCUT2D eigenvalue weighted by atomic mass is 35.5. The van der Waals surface area contributed by atoms with E-state index in [1.807, 2.05) is 13.8 Å². The molecule has 0 spiro atoms. The fourth-order valence-corrected chi connectivity index (χ4v) is 5.30. The van der Waals surface area contributed by atoms with Crippen LogP contribution < -0.4 is 9.62 Å². The van der Waals surface area contributed by atoms with E-state index in [1.54, 1.807) is 50.2 Å². The zero-order valence-corrected chi connectivity index (χ0v) is 23.4. The average molecular weight is 563 g/mol. The van der Waals surface area contributed by atoms with Gasteiger partial charge >= 0.3 is 0 Å². The maximum Gasteiger partial charge on any atom is 0.244 e. The average Bonchev–Trinajstić information content (AvgIpc) is 2.73. The number of anilines is 1. The molecular formula is C24H30Cl3N3O4S. The Hall–Kier alpha value is -2.00. The number of benzene rings is 2. The quantitative estimate of drug-likeness (QED) is 0.439. The van der Waals surface area contributed by atoms with Crippen molar-refractivity contribution >= 4 is 62.3 Å². The van der Waals surface area contributed by atoms with E-state index < -0.39 is 28.5 Å². The Kier molecular flexibility index (Phi) is 10.3. The molecule has 1 N–H and O–H groups in total. The predicted molar refractivity (Wildman–Crippen MR) is 143 cm³/mol. The third-order valence-corrected chi connectivity index (χ3v) is 7.38. The van der Waals surface area contributed by atoms with Gasteiger partial charge in [0.1, 0.15) is 12.6 Å². The van der Waals surface area contributed by atoms with E-state index in [9.17, 15) is 18.0 Å². The summed E-state index contributed by atoms with van der Waals surface area (Å²) in [6.07, 6.45) is 1.32. The minimum absolute atomic E-state index is 0.0709. The van der Waals surface area contributed by atoms with Crippen LogP contribution in [-0.2, 0) is 26.2 Å². The van der Waals surface area contributed by atoms with Gasteiger partial charge in [-0.15, -0.1) is 0 Å². The number of hydrogen-bond donors (Lipinski definition) is 1. The van der Waals surface area contributed by atoms with Crippen LogP contribution in [0.25, 0.3) is 0 Å². The number of rotatable bonds is 10. The second-order valence-corrected chi connectivity index (χ2v) is 11.7. The molecule has 1 unspecified atom stereocenters. The van der Waals surface area contributed by atoms with E-state index >= 15 is 0 Å². The van der Waals surface area contributed by atoms with Crippen LogP contribution in [0, 0.1) is 6.92 Å². The lowest BCUT2D eigenvalue weighted by molar-refractivity contribution is -0.140. The maximum atomic E-state index is 13.7. The van der Waals surface area contributed by atoms with Crippen LogP contribution >= 0.6 is 34.8 Å². The van der Waals surface area contributed by atoms with Crippen LogP contribution in [0.2, 0.25) is 15.1 Å². The zero-order chi connectivity index (χ0) is 26.5. The molecule has 0 radical (unpaired) electrons. The van der Waals surface area contributed by atoms with Gasteiger partial charge < -0.3 is 10.2 Å². The molecule has 2 aromatic rings. The Balaban J connectivity index is 2.54. The summed E-state index contributed by atoms with van der Waals surface area (Å²) in [5.41, 5.74) is 1.37. The summed E-state index contributed by atoms with van der Waals surface area (Å²) in [5, 5.41) is 3.94. The lowest BCUT2D eigenvalue weighted by Gasteiger charge is -2.33. The molecule has 2 rings (SSSR count). The molecule has 0 aliphatic carbocycles. The normalized spacial score (nSPS) is 12.4. The summed E-state index contributed by atoms with van der Waals surface area (Å²) >= 11 is 18.8. The van der Waals surface area contributed by atoms with Gasteiger partial charge in [-0.2, -0.15) is 0 Å². The minimum atomic E-state index is -3.85. The van der Waals surface area contributed by atoms with Crippen LogP contribution in [0.5, 0.6) is 0 Å². The van der Waals surface area contributed by atoms with Gasteiger partial charge in [0.15, 0.2) is 0 Å². The third kappa shape index (κ3) is 7.74. The predicted octanol–water partition coefficient (Wildman–Crippen LogP) is 5.05. The van der Waals surface area contributed by atoms with E-state index in [0.717, 1.165) is 10.6 Å². The standard InChI is InChI=1S/C24H30Cl3N3O4S/c1-6-21(24(32)28-15(2)3)29(13-18-19(26)8-7-9-20(18)27)23(31)14-30(35(5,33)34)22-11-10-17(25)12-16(22)4/h7-12,15,21H,6,13-14H2,1-5H3,(H,28,32). The van der Waals surface area contributed by atoms with Gasteiger partial charge in [0.25, 0.3) is 0 Å². The monoisotopic (exact) mass is 561 g/mol. The first-order valence-corrected chi connectivity index (χ1v) is 14.0. The van der Waals surface area contributed by atoms with E-state index in [-0.39, 0.29) is 18.5 Å². The van der Waals surface area contributed by atoms with Gasteiger partial charge in [-0.1, -0.05) is 47.8 Å². The van der Waals surface area contributed by atoms with Crippen molar-refractivity contribution in [3.8, 4) is 0 Å². The molecule has 2 amide bonds. The Bertz CT molecular complexity index is 1170. The van der Waals surface area contributed by atoms with Gasteiger partial charge in [0.2, 0.25) is 21.8 Å². The number of nitrogens with one attached hydrogen (secondary N) is 1. The van der Waals surface area contributed by atoms with Crippen molar-refractivity contribution in [3.63, 3.8) is 0 Å². The molecule has 35 heavy (non-hydrogen) atoms. The topological polar surface area (TPSA) is 86.8 Å². The molecule has 0 saturated heterocycles. The number of halogens is 3. The smallest absolute Gasteiger partial charge is 0.244 e. The fraction of sp³-hybridized carbons (Fsp3) is 0.417. The highest BCUT2D eigenvalue weighted by Gasteiger charge is 2.33. The Morgan fingerprint density at radius 2 is 1.66 bits per heavy atom. The highest BCUT2D eigenvalue weighted by Crippen LogP contribution is 2.29. The van der Waals surface area contributed by atoms with Crippen molar-refractivity contribution in [3.05, 3.63) is 62.6 Å². The molecule has 0 saturated carbocycles. The van der Waals surface area contributed by atoms with E-state index in [0.29, 0.717) is 38.3 Å². The summed E-state index contributed by atoms with van der Waals surface area (Å²) in [7, 11) is -3.85. The first kappa shape index (κ1) is 29.2. The number of amides is 2. The van der Waals surface area contributed by atoms with Crippen LogP contribution in [0.15, 0.2) is 36.4 Å². The summed E-state index contributed by atoms with van der Waals surface area (Å²) in [6, 6.07) is 8.65.